The van der Waals surface area contributed by atoms with E-state index < -0.39 is 0 Å². The topological polar surface area (TPSA) is 86.2 Å². The lowest BCUT2D eigenvalue weighted by molar-refractivity contribution is 0.187. The molecule has 6 nitrogen and oxygen atoms in total. The second-order valence-electron chi connectivity index (χ2n) is 3.58. The van der Waals surface area contributed by atoms with Gasteiger partial charge in [-0.3, -0.25) is 0 Å². The standard InChI is InChI=1S/C11H14N4O2/c1-17-6-5-15-7-13-14-11(15)8-3-2-4-9(12)10(8)16/h2-4,7,16H,5-6,12H2,1H3. The molecule has 0 aliphatic rings. The summed E-state index contributed by atoms with van der Waals surface area (Å²) in [6, 6.07) is 5.15. The Kier molecular flexibility index (Phi) is 3.24. The molecule has 2 aromatic rings. The van der Waals surface area contributed by atoms with Gasteiger partial charge in [-0.25, -0.2) is 0 Å². The van der Waals surface area contributed by atoms with E-state index in [4.69, 9.17) is 10.5 Å². The van der Waals surface area contributed by atoms with Crippen LogP contribution in [0.1, 0.15) is 0 Å². The summed E-state index contributed by atoms with van der Waals surface area (Å²) in [6.07, 6.45) is 1.59. The Hall–Kier alpha value is -2.08. The average Bonchev–Trinajstić information content (AvgIpc) is 2.78. The van der Waals surface area contributed by atoms with E-state index >= 15 is 0 Å². The van der Waals surface area contributed by atoms with Crippen molar-refractivity contribution in [1.82, 2.24) is 14.8 Å². The predicted molar refractivity (Wildman–Crippen MR) is 63.4 cm³/mol. The highest BCUT2D eigenvalue weighted by molar-refractivity contribution is 5.72. The number of nitrogens with two attached hydrogens (primary N) is 1. The van der Waals surface area contributed by atoms with Crippen molar-refractivity contribution in [2.24, 2.45) is 0 Å². The van der Waals surface area contributed by atoms with E-state index in [9.17, 15) is 5.11 Å². The molecule has 17 heavy (non-hydrogen) atoms. The Bertz CT molecular complexity index is 510. The minimum Gasteiger partial charge on any atom is -0.505 e. The van der Waals surface area contributed by atoms with Gasteiger partial charge >= 0.3 is 0 Å². The van der Waals surface area contributed by atoms with Gasteiger partial charge in [0.05, 0.1) is 17.9 Å². The Labute approximate surface area is 98.7 Å². The van der Waals surface area contributed by atoms with Crippen LogP contribution < -0.4 is 5.73 Å². The second kappa shape index (κ2) is 4.84. The molecule has 1 heterocycles. The summed E-state index contributed by atoms with van der Waals surface area (Å²) in [5.74, 6) is 0.603. The molecule has 1 aromatic carbocycles. The number of anilines is 1. The molecule has 1 aromatic heterocycles. The predicted octanol–water partition coefficient (Wildman–Crippen LogP) is 0.879. The lowest BCUT2D eigenvalue weighted by Crippen LogP contribution is -2.05. The zero-order valence-corrected chi connectivity index (χ0v) is 9.50. The summed E-state index contributed by atoms with van der Waals surface area (Å²) in [4.78, 5) is 0. The number of benzene rings is 1. The zero-order chi connectivity index (χ0) is 12.3. The summed E-state index contributed by atoms with van der Waals surface area (Å²) < 4.78 is 6.80. The fraction of sp³-hybridized carbons (Fsp3) is 0.273. The Morgan fingerprint density at radius 3 is 3.06 bits per heavy atom. The van der Waals surface area contributed by atoms with E-state index in [1.807, 2.05) is 0 Å². The maximum atomic E-state index is 9.88. The summed E-state index contributed by atoms with van der Waals surface area (Å²) in [6.45, 7) is 1.17. The molecule has 6 heteroatoms. The van der Waals surface area contributed by atoms with Gasteiger partial charge in [-0.2, -0.15) is 0 Å². The summed E-state index contributed by atoms with van der Waals surface area (Å²) in [7, 11) is 1.63. The molecule has 0 saturated carbocycles. The molecular weight excluding hydrogens is 220 g/mol. The highest BCUT2D eigenvalue weighted by Crippen LogP contribution is 2.32. The molecule has 0 radical (unpaired) electrons. The van der Waals surface area contributed by atoms with Crippen molar-refractivity contribution in [2.75, 3.05) is 19.5 Å². The molecule has 0 aliphatic carbocycles. The Balaban J connectivity index is 2.39. The van der Waals surface area contributed by atoms with Gasteiger partial charge in [0.1, 0.15) is 12.1 Å². The molecule has 0 spiro atoms. The minimum absolute atomic E-state index is 0.0270. The lowest BCUT2D eigenvalue weighted by Gasteiger charge is -2.08. The first-order valence-corrected chi connectivity index (χ1v) is 5.18. The summed E-state index contributed by atoms with van der Waals surface area (Å²) in [5.41, 5.74) is 6.54. The Morgan fingerprint density at radius 2 is 2.29 bits per heavy atom. The third-order valence-electron chi connectivity index (χ3n) is 2.46. The number of phenolic OH excluding ortho intramolecular Hbond substituents is 1. The van der Waals surface area contributed by atoms with Crippen LogP contribution in [0.15, 0.2) is 24.5 Å². The molecule has 0 bridgehead atoms. The molecule has 0 amide bonds. The van der Waals surface area contributed by atoms with Crippen LogP contribution in [0.3, 0.4) is 0 Å². The molecular formula is C11H14N4O2. The first-order chi connectivity index (χ1) is 8.24. The number of phenols is 1. The van der Waals surface area contributed by atoms with E-state index in [-0.39, 0.29) is 5.75 Å². The fourth-order valence-electron chi connectivity index (χ4n) is 1.56. The van der Waals surface area contributed by atoms with E-state index in [1.54, 1.807) is 36.2 Å². The van der Waals surface area contributed by atoms with E-state index in [0.29, 0.717) is 30.2 Å². The summed E-state index contributed by atoms with van der Waals surface area (Å²) >= 11 is 0. The van der Waals surface area contributed by atoms with Crippen molar-refractivity contribution in [3.8, 4) is 17.1 Å². The maximum Gasteiger partial charge on any atom is 0.167 e. The third kappa shape index (κ3) is 2.21. The van der Waals surface area contributed by atoms with Gasteiger partial charge in [-0.1, -0.05) is 6.07 Å². The number of nitrogen functional groups attached to an aromatic ring is 1. The van der Waals surface area contributed by atoms with Crippen LogP contribution in [0.25, 0.3) is 11.4 Å². The highest BCUT2D eigenvalue weighted by atomic mass is 16.5. The molecule has 0 fully saturated rings. The SMILES string of the molecule is COCCn1cnnc1-c1cccc(N)c1O. The van der Waals surface area contributed by atoms with E-state index in [1.165, 1.54) is 0 Å². The largest absolute Gasteiger partial charge is 0.505 e. The van der Waals surface area contributed by atoms with Crippen LogP contribution >= 0.6 is 0 Å². The first-order valence-electron chi connectivity index (χ1n) is 5.18. The number of methoxy groups -OCH3 is 1. The van der Waals surface area contributed by atoms with Crippen LogP contribution in [-0.2, 0) is 11.3 Å². The molecule has 0 unspecified atom stereocenters. The molecule has 3 N–H and O–H groups in total. The Morgan fingerprint density at radius 1 is 1.47 bits per heavy atom. The van der Waals surface area contributed by atoms with Crippen molar-refractivity contribution >= 4 is 5.69 Å². The van der Waals surface area contributed by atoms with Crippen molar-refractivity contribution in [2.45, 2.75) is 6.54 Å². The number of rotatable bonds is 4. The van der Waals surface area contributed by atoms with Crippen molar-refractivity contribution in [1.29, 1.82) is 0 Å². The number of hydrogen-bond acceptors (Lipinski definition) is 5. The van der Waals surface area contributed by atoms with Gasteiger partial charge in [0.25, 0.3) is 0 Å². The van der Waals surface area contributed by atoms with Crippen molar-refractivity contribution in [3.63, 3.8) is 0 Å². The number of aromatic hydroxyl groups is 1. The molecule has 0 atom stereocenters. The van der Waals surface area contributed by atoms with E-state index in [0.717, 1.165) is 0 Å². The van der Waals surface area contributed by atoms with Gasteiger partial charge < -0.3 is 20.1 Å². The van der Waals surface area contributed by atoms with Crippen LogP contribution in [0.5, 0.6) is 5.75 Å². The van der Waals surface area contributed by atoms with Gasteiger partial charge in [-0.15, -0.1) is 10.2 Å². The number of hydrogen-bond donors (Lipinski definition) is 2. The quantitative estimate of drug-likeness (QED) is 0.605. The highest BCUT2D eigenvalue weighted by Gasteiger charge is 2.12. The van der Waals surface area contributed by atoms with Gasteiger partial charge in [0.2, 0.25) is 0 Å². The van der Waals surface area contributed by atoms with Gasteiger partial charge in [0.15, 0.2) is 5.82 Å². The number of para-hydroxylation sites is 1. The summed E-state index contributed by atoms with van der Waals surface area (Å²) in [5, 5.41) is 17.7. The van der Waals surface area contributed by atoms with Crippen LogP contribution in [0.2, 0.25) is 0 Å². The average molecular weight is 234 g/mol. The van der Waals surface area contributed by atoms with Crippen LogP contribution in [0.4, 0.5) is 5.69 Å². The van der Waals surface area contributed by atoms with Gasteiger partial charge in [0, 0.05) is 13.7 Å². The normalized spacial score (nSPS) is 10.6. The van der Waals surface area contributed by atoms with Gasteiger partial charge in [-0.05, 0) is 12.1 Å². The maximum absolute atomic E-state index is 9.88. The number of ether oxygens (including phenoxy) is 1. The van der Waals surface area contributed by atoms with Crippen LogP contribution in [-0.4, -0.2) is 33.6 Å². The van der Waals surface area contributed by atoms with Crippen molar-refractivity contribution < 1.29 is 9.84 Å². The number of aromatic nitrogens is 3. The molecule has 90 valence electrons. The zero-order valence-electron chi connectivity index (χ0n) is 9.50. The van der Waals surface area contributed by atoms with Crippen molar-refractivity contribution in [3.05, 3.63) is 24.5 Å². The molecule has 0 saturated heterocycles. The second-order valence-corrected chi connectivity index (χ2v) is 3.58. The number of nitrogens with zero attached hydrogens (tertiary/aromatic N) is 3. The smallest absolute Gasteiger partial charge is 0.167 e. The van der Waals surface area contributed by atoms with Crippen LogP contribution in [0, 0.1) is 0 Å². The monoisotopic (exact) mass is 234 g/mol. The first kappa shape index (κ1) is 11.4. The minimum atomic E-state index is 0.0270. The molecule has 0 aliphatic heterocycles. The molecule has 2 rings (SSSR count). The lowest BCUT2D eigenvalue weighted by atomic mass is 10.1. The van der Waals surface area contributed by atoms with E-state index in [2.05, 4.69) is 10.2 Å². The fourth-order valence-corrected chi connectivity index (χ4v) is 1.56. The third-order valence-corrected chi connectivity index (χ3v) is 2.46.